The number of benzene rings is 2. The molecule has 1 aliphatic rings. The minimum Gasteiger partial charge on any atom is -0.375 e. The molecule has 3 rings (SSSR count). The molecule has 0 saturated carbocycles. The van der Waals surface area contributed by atoms with Crippen molar-refractivity contribution in [2.24, 2.45) is 0 Å². The van der Waals surface area contributed by atoms with Crippen molar-refractivity contribution < 1.29 is 14.7 Å². The average molecular weight is 330 g/mol. The number of hydrogen-bond acceptors (Lipinski definition) is 3. The van der Waals surface area contributed by atoms with E-state index in [1.165, 1.54) is 0 Å². The van der Waals surface area contributed by atoms with E-state index in [-0.39, 0.29) is 12.2 Å². The number of carbonyl (C=O) groups is 2. The largest absolute Gasteiger partial charge is 0.375 e. The van der Waals surface area contributed by atoms with Gasteiger partial charge in [0.1, 0.15) is 0 Å². The quantitative estimate of drug-likeness (QED) is 0.848. The Balaban J connectivity index is 1.98. The second-order valence-corrected chi connectivity index (χ2v) is 6.36. The van der Waals surface area contributed by atoms with E-state index in [9.17, 15) is 14.7 Å². The van der Waals surface area contributed by atoms with E-state index in [0.29, 0.717) is 21.8 Å². The van der Waals surface area contributed by atoms with Gasteiger partial charge in [0.05, 0.1) is 12.1 Å². The van der Waals surface area contributed by atoms with E-state index in [0.717, 1.165) is 11.1 Å². The highest BCUT2D eigenvalue weighted by atomic mass is 35.5. The Morgan fingerprint density at radius 2 is 1.87 bits per heavy atom. The van der Waals surface area contributed by atoms with Crippen LogP contribution < -0.4 is 5.32 Å². The number of ketones is 1. The van der Waals surface area contributed by atoms with E-state index < -0.39 is 11.5 Å². The van der Waals surface area contributed by atoms with Crippen LogP contribution in [0.5, 0.6) is 0 Å². The molecule has 0 bridgehead atoms. The van der Waals surface area contributed by atoms with Crippen LogP contribution >= 0.6 is 11.6 Å². The van der Waals surface area contributed by atoms with Crippen LogP contribution in [0.3, 0.4) is 0 Å². The van der Waals surface area contributed by atoms with Crippen LogP contribution in [0.15, 0.2) is 36.4 Å². The molecule has 0 aliphatic carbocycles. The van der Waals surface area contributed by atoms with Gasteiger partial charge < -0.3 is 10.4 Å². The van der Waals surface area contributed by atoms with E-state index in [4.69, 9.17) is 11.6 Å². The molecule has 1 unspecified atom stereocenters. The molecule has 23 heavy (non-hydrogen) atoms. The summed E-state index contributed by atoms with van der Waals surface area (Å²) >= 11 is 5.81. The lowest BCUT2D eigenvalue weighted by Gasteiger charge is -2.20. The molecule has 0 radical (unpaired) electrons. The standard InChI is InChI=1S/C18H16ClNO3/c1-10-7-11(2)16-14(8-10)18(23,17(22)20-16)9-15(21)12-3-5-13(19)6-4-12/h3-8,23H,9H2,1-2H3,(H,20,22). The number of halogens is 1. The van der Waals surface area contributed by atoms with Crippen molar-refractivity contribution in [2.45, 2.75) is 25.9 Å². The van der Waals surface area contributed by atoms with Crippen LogP contribution in [0.1, 0.15) is 33.5 Å². The predicted octanol–water partition coefficient (Wildman–Crippen LogP) is 3.37. The molecule has 2 aromatic carbocycles. The molecule has 1 heterocycles. The Labute approximate surface area is 139 Å². The highest BCUT2D eigenvalue weighted by Gasteiger charge is 2.47. The van der Waals surface area contributed by atoms with Crippen LogP contribution in [0.4, 0.5) is 5.69 Å². The normalized spacial score (nSPS) is 19.4. The Kier molecular flexibility index (Phi) is 3.74. The number of aliphatic hydroxyl groups is 1. The summed E-state index contributed by atoms with van der Waals surface area (Å²) in [6.07, 6.45) is -0.309. The number of hydrogen-bond donors (Lipinski definition) is 2. The Morgan fingerprint density at radius 1 is 1.22 bits per heavy atom. The molecule has 0 saturated heterocycles. The maximum atomic E-state index is 12.5. The summed E-state index contributed by atoms with van der Waals surface area (Å²) in [6, 6.07) is 10.1. The molecule has 5 heteroatoms. The molecular formula is C18H16ClNO3. The summed E-state index contributed by atoms with van der Waals surface area (Å²) in [6.45, 7) is 3.75. The van der Waals surface area contributed by atoms with Crippen molar-refractivity contribution in [1.82, 2.24) is 0 Å². The first-order valence-electron chi connectivity index (χ1n) is 7.25. The zero-order chi connectivity index (χ0) is 16.8. The first kappa shape index (κ1) is 15.7. The first-order chi connectivity index (χ1) is 10.8. The number of carbonyl (C=O) groups excluding carboxylic acids is 2. The van der Waals surface area contributed by atoms with Crippen molar-refractivity contribution in [3.8, 4) is 0 Å². The van der Waals surface area contributed by atoms with Crippen LogP contribution in [0.25, 0.3) is 0 Å². The lowest BCUT2D eigenvalue weighted by molar-refractivity contribution is -0.133. The first-order valence-corrected chi connectivity index (χ1v) is 7.63. The third-order valence-corrected chi connectivity index (χ3v) is 4.37. The number of anilines is 1. The van der Waals surface area contributed by atoms with Gasteiger partial charge in [-0.1, -0.05) is 29.3 Å². The van der Waals surface area contributed by atoms with Crippen molar-refractivity contribution >= 4 is 29.0 Å². The monoisotopic (exact) mass is 329 g/mol. The molecule has 1 aliphatic heterocycles. The second kappa shape index (κ2) is 5.48. The molecule has 4 nitrogen and oxygen atoms in total. The second-order valence-electron chi connectivity index (χ2n) is 5.93. The van der Waals surface area contributed by atoms with E-state index in [1.54, 1.807) is 30.3 Å². The number of aryl methyl sites for hydroxylation is 2. The van der Waals surface area contributed by atoms with Crippen LogP contribution in [-0.2, 0) is 10.4 Å². The lowest BCUT2D eigenvalue weighted by Crippen LogP contribution is -2.36. The smallest absolute Gasteiger partial charge is 0.261 e. The molecule has 0 fully saturated rings. The highest BCUT2D eigenvalue weighted by molar-refractivity contribution is 6.30. The maximum absolute atomic E-state index is 12.5. The van der Waals surface area contributed by atoms with Gasteiger partial charge in [-0.15, -0.1) is 0 Å². The van der Waals surface area contributed by atoms with Crippen molar-refractivity contribution in [3.63, 3.8) is 0 Å². The van der Waals surface area contributed by atoms with E-state index in [2.05, 4.69) is 5.32 Å². The van der Waals surface area contributed by atoms with Gasteiger partial charge >= 0.3 is 0 Å². The van der Waals surface area contributed by atoms with Gasteiger partial charge in [0.25, 0.3) is 5.91 Å². The third-order valence-electron chi connectivity index (χ3n) is 4.12. The highest BCUT2D eigenvalue weighted by Crippen LogP contribution is 2.41. The molecule has 2 aromatic rings. The topological polar surface area (TPSA) is 66.4 Å². The molecule has 1 amide bonds. The van der Waals surface area contributed by atoms with Gasteiger partial charge in [-0.25, -0.2) is 0 Å². The predicted molar refractivity (Wildman–Crippen MR) is 88.8 cm³/mol. The van der Waals surface area contributed by atoms with Crippen molar-refractivity contribution in [3.05, 3.63) is 63.7 Å². The fourth-order valence-electron chi connectivity index (χ4n) is 2.94. The Bertz CT molecular complexity index is 814. The van der Waals surface area contributed by atoms with Crippen LogP contribution in [0, 0.1) is 13.8 Å². The summed E-state index contributed by atoms with van der Waals surface area (Å²) in [4.78, 5) is 24.8. The summed E-state index contributed by atoms with van der Waals surface area (Å²) in [5.74, 6) is -0.880. The minimum absolute atomic E-state index is 0.309. The zero-order valence-corrected chi connectivity index (χ0v) is 13.6. The summed E-state index contributed by atoms with van der Waals surface area (Å²) < 4.78 is 0. The van der Waals surface area contributed by atoms with Gasteiger partial charge in [0, 0.05) is 16.1 Å². The number of amides is 1. The van der Waals surface area contributed by atoms with Crippen LogP contribution in [-0.4, -0.2) is 16.8 Å². The zero-order valence-electron chi connectivity index (χ0n) is 12.8. The molecule has 2 N–H and O–H groups in total. The van der Waals surface area contributed by atoms with E-state index in [1.807, 2.05) is 19.9 Å². The fraction of sp³-hybridized carbons (Fsp3) is 0.222. The van der Waals surface area contributed by atoms with Gasteiger partial charge in [0.2, 0.25) is 0 Å². The fourth-order valence-corrected chi connectivity index (χ4v) is 3.07. The number of fused-ring (bicyclic) bond motifs is 1. The Morgan fingerprint density at radius 3 is 2.52 bits per heavy atom. The van der Waals surface area contributed by atoms with Gasteiger partial charge in [-0.2, -0.15) is 0 Å². The minimum atomic E-state index is -1.84. The summed E-state index contributed by atoms with van der Waals surface area (Å²) in [5.41, 5.74) is 1.41. The summed E-state index contributed by atoms with van der Waals surface area (Å²) in [7, 11) is 0. The lowest BCUT2D eigenvalue weighted by atomic mass is 9.86. The van der Waals surface area contributed by atoms with Gasteiger partial charge in [-0.05, 0) is 43.7 Å². The SMILES string of the molecule is Cc1cc(C)c2c(c1)C(O)(CC(=O)c1ccc(Cl)cc1)C(=O)N2. The summed E-state index contributed by atoms with van der Waals surface area (Å²) in [5, 5.41) is 14.1. The van der Waals surface area contributed by atoms with Crippen molar-refractivity contribution in [2.75, 3.05) is 5.32 Å². The van der Waals surface area contributed by atoms with Crippen molar-refractivity contribution in [1.29, 1.82) is 0 Å². The van der Waals surface area contributed by atoms with Gasteiger partial charge in [-0.3, -0.25) is 9.59 Å². The molecule has 0 aromatic heterocycles. The maximum Gasteiger partial charge on any atom is 0.261 e. The third kappa shape index (κ3) is 2.64. The number of nitrogens with one attached hydrogen (secondary N) is 1. The van der Waals surface area contributed by atoms with Gasteiger partial charge in [0.15, 0.2) is 11.4 Å². The van der Waals surface area contributed by atoms with E-state index >= 15 is 0 Å². The molecular weight excluding hydrogens is 314 g/mol. The molecule has 1 atom stereocenters. The molecule has 118 valence electrons. The molecule has 0 spiro atoms. The number of Topliss-reactive ketones (excluding diaryl/α,β-unsaturated/α-hetero) is 1. The number of rotatable bonds is 3. The Hall–Kier alpha value is -2.17. The average Bonchev–Trinajstić information content (AvgIpc) is 2.73. The van der Waals surface area contributed by atoms with Crippen LogP contribution in [0.2, 0.25) is 5.02 Å².